The van der Waals surface area contributed by atoms with Gasteiger partial charge >= 0.3 is 0 Å². The molecule has 1 fully saturated rings. The van der Waals surface area contributed by atoms with Gasteiger partial charge in [-0.3, -0.25) is 0 Å². The van der Waals surface area contributed by atoms with Gasteiger partial charge in [0.15, 0.2) is 10.8 Å². The predicted octanol–water partition coefficient (Wildman–Crippen LogP) is 2.06. The molecule has 9 heteroatoms. The molecule has 1 aliphatic heterocycles. The number of ether oxygens (including phenoxy) is 1. The van der Waals surface area contributed by atoms with Gasteiger partial charge in [-0.05, 0) is 40.1 Å². The third kappa shape index (κ3) is 3.83. The van der Waals surface area contributed by atoms with Crippen LogP contribution in [0.4, 0.5) is 0 Å². The highest BCUT2D eigenvalue weighted by molar-refractivity contribution is 7.14. The van der Waals surface area contributed by atoms with Crippen LogP contribution in [0.15, 0.2) is 59.2 Å². The van der Waals surface area contributed by atoms with Crippen molar-refractivity contribution < 1.29 is 29.6 Å². The number of aromatic nitrogens is 2. The Morgan fingerprint density at radius 3 is 2.56 bits per heavy atom. The molecule has 0 bridgehead atoms. The molecule has 3 heterocycles. The summed E-state index contributed by atoms with van der Waals surface area (Å²) in [4.78, 5) is 0. The Kier molecular flexibility index (Phi) is 5.76. The van der Waals surface area contributed by atoms with Crippen molar-refractivity contribution in [2.75, 3.05) is 6.61 Å². The Bertz CT molecular complexity index is 1210. The van der Waals surface area contributed by atoms with Crippen LogP contribution >= 0.6 is 11.3 Å². The van der Waals surface area contributed by atoms with E-state index in [9.17, 15) is 20.4 Å². The molecule has 0 spiro atoms. The zero-order chi connectivity index (χ0) is 22.2. The van der Waals surface area contributed by atoms with Crippen LogP contribution in [0, 0.1) is 0 Å². The van der Waals surface area contributed by atoms with E-state index < -0.39 is 37.1 Å². The van der Waals surface area contributed by atoms with E-state index in [4.69, 9.17) is 9.15 Å². The van der Waals surface area contributed by atoms with Crippen molar-refractivity contribution in [3.8, 4) is 10.8 Å². The maximum Gasteiger partial charge on any atom is 0.183 e. The van der Waals surface area contributed by atoms with Crippen LogP contribution in [0.2, 0.25) is 0 Å². The van der Waals surface area contributed by atoms with E-state index in [1.807, 2.05) is 42.5 Å². The number of hydrogen-bond acceptors (Lipinski definition) is 9. The van der Waals surface area contributed by atoms with Crippen LogP contribution in [-0.4, -0.2) is 61.6 Å². The lowest BCUT2D eigenvalue weighted by atomic mass is 9.88. The van der Waals surface area contributed by atoms with Gasteiger partial charge in [0.2, 0.25) is 0 Å². The van der Waals surface area contributed by atoms with Gasteiger partial charge < -0.3 is 29.6 Å². The predicted molar refractivity (Wildman–Crippen MR) is 117 cm³/mol. The summed E-state index contributed by atoms with van der Waals surface area (Å²) in [6.07, 6.45) is -3.94. The van der Waals surface area contributed by atoms with Gasteiger partial charge in [0, 0.05) is 6.42 Å². The molecule has 2 aromatic carbocycles. The van der Waals surface area contributed by atoms with E-state index >= 15 is 0 Å². The van der Waals surface area contributed by atoms with Crippen molar-refractivity contribution in [3.05, 3.63) is 70.9 Å². The Balaban J connectivity index is 1.52. The molecule has 1 aliphatic rings. The lowest BCUT2D eigenvalue weighted by Crippen LogP contribution is -2.55. The highest BCUT2D eigenvalue weighted by Crippen LogP contribution is 2.36. The quantitative estimate of drug-likeness (QED) is 0.361. The van der Waals surface area contributed by atoms with E-state index in [0.717, 1.165) is 21.3 Å². The summed E-state index contributed by atoms with van der Waals surface area (Å²) in [5.74, 6) is 0.661. The van der Waals surface area contributed by atoms with Gasteiger partial charge in [0.05, 0.1) is 12.9 Å². The average molecular weight is 455 g/mol. The molecule has 166 valence electrons. The minimum atomic E-state index is -1.43. The van der Waals surface area contributed by atoms with Crippen molar-refractivity contribution in [1.29, 1.82) is 0 Å². The van der Waals surface area contributed by atoms with Crippen LogP contribution in [0.25, 0.3) is 21.5 Å². The van der Waals surface area contributed by atoms with Gasteiger partial charge in [0.1, 0.15) is 35.5 Å². The first-order valence-electron chi connectivity index (χ1n) is 10.2. The number of fused-ring (bicyclic) bond motifs is 1. The second-order valence-corrected chi connectivity index (χ2v) is 8.87. The molecule has 0 radical (unpaired) electrons. The average Bonchev–Trinajstić information content (AvgIpc) is 3.50. The summed E-state index contributed by atoms with van der Waals surface area (Å²) >= 11 is 1.44. The molecular formula is C23H22N2O6S. The lowest BCUT2D eigenvalue weighted by molar-refractivity contribution is -0.231. The molecule has 0 saturated carbocycles. The van der Waals surface area contributed by atoms with E-state index in [2.05, 4.69) is 10.2 Å². The second-order valence-electron chi connectivity index (χ2n) is 7.81. The van der Waals surface area contributed by atoms with E-state index in [1.54, 1.807) is 12.3 Å². The molecule has 32 heavy (non-hydrogen) atoms. The summed E-state index contributed by atoms with van der Waals surface area (Å²) in [5, 5.41) is 52.4. The number of benzene rings is 2. The topological polar surface area (TPSA) is 129 Å². The highest BCUT2D eigenvalue weighted by atomic mass is 32.1. The fourth-order valence-electron chi connectivity index (χ4n) is 4.09. The minimum absolute atomic E-state index is 0.470. The second kappa shape index (κ2) is 8.70. The molecular weight excluding hydrogens is 432 g/mol. The Morgan fingerprint density at radius 1 is 0.938 bits per heavy atom. The molecule has 5 unspecified atom stereocenters. The minimum Gasteiger partial charge on any atom is -0.462 e. The molecule has 0 amide bonds. The molecule has 2 aromatic heterocycles. The van der Waals surface area contributed by atoms with Gasteiger partial charge in [-0.2, -0.15) is 0 Å². The van der Waals surface area contributed by atoms with Crippen LogP contribution in [0.5, 0.6) is 0 Å². The maximum absolute atomic E-state index is 10.6. The van der Waals surface area contributed by atoms with Gasteiger partial charge in [-0.1, -0.05) is 41.7 Å². The molecule has 4 aromatic rings. The van der Waals surface area contributed by atoms with Crippen molar-refractivity contribution in [2.45, 2.75) is 36.9 Å². The van der Waals surface area contributed by atoms with Crippen molar-refractivity contribution in [2.24, 2.45) is 0 Å². The largest absolute Gasteiger partial charge is 0.462 e. The Hall–Kier alpha value is -2.66. The zero-order valence-electron chi connectivity index (χ0n) is 16.9. The summed E-state index contributed by atoms with van der Waals surface area (Å²) in [6, 6.07) is 15.3. The number of hydrogen-bond donors (Lipinski definition) is 4. The molecule has 0 aliphatic carbocycles. The number of furan rings is 1. The smallest absolute Gasteiger partial charge is 0.183 e. The van der Waals surface area contributed by atoms with Crippen LogP contribution < -0.4 is 0 Å². The first kappa shape index (κ1) is 21.2. The Labute approximate surface area is 187 Å². The fraction of sp³-hybridized carbons (Fsp3) is 0.304. The highest BCUT2D eigenvalue weighted by Gasteiger charge is 2.44. The molecule has 8 nitrogen and oxygen atoms in total. The zero-order valence-corrected chi connectivity index (χ0v) is 17.7. The van der Waals surface area contributed by atoms with E-state index in [0.29, 0.717) is 22.8 Å². The fourth-order valence-corrected chi connectivity index (χ4v) is 4.92. The third-order valence-corrected chi connectivity index (χ3v) is 6.67. The monoisotopic (exact) mass is 454 g/mol. The molecule has 1 saturated heterocycles. The number of aliphatic hydroxyl groups is 4. The molecule has 5 rings (SSSR count). The number of rotatable bonds is 5. The summed E-state index contributed by atoms with van der Waals surface area (Å²) in [7, 11) is 0. The molecule has 5 atom stereocenters. The SMILES string of the molecule is OCC1OC(c2cc(Cc3nnc(-c4ccco4)s3)c3ccccc3c2)C(O)C(O)C1O. The standard InChI is InChI=1S/C23H22N2O6S/c26-11-17-19(27)20(28)21(29)22(31-17)14-8-12-4-1-2-5-15(12)13(9-14)10-18-24-25-23(32-18)16-6-3-7-30-16/h1-9,17,19-22,26-29H,10-11H2. The first-order valence-corrected chi connectivity index (χ1v) is 11.0. The lowest BCUT2D eigenvalue weighted by Gasteiger charge is -2.40. The first-order chi connectivity index (χ1) is 15.5. The third-order valence-electron chi connectivity index (χ3n) is 5.73. The summed E-state index contributed by atoms with van der Waals surface area (Å²) in [5.41, 5.74) is 1.60. The van der Waals surface area contributed by atoms with Crippen LogP contribution in [-0.2, 0) is 11.2 Å². The van der Waals surface area contributed by atoms with E-state index in [1.165, 1.54) is 11.3 Å². The van der Waals surface area contributed by atoms with Crippen molar-refractivity contribution in [1.82, 2.24) is 10.2 Å². The molecule has 4 N–H and O–H groups in total. The van der Waals surface area contributed by atoms with Crippen molar-refractivity contribution >= 4 is 22.1 Å². The van der Waals surface area contributed by atoms with Gasteiger partial charge in [0.25, 0.3) is 0 Å². The Morgan fingerprint density at radius 2 is 1.78 bits per heavy atom. The maximum atomic E-state index is 10.6. The number of nitrogens with zero attached hydrogens (tertiary/aromatic N) is 2. The normalized spacial score (nSPS) is 25.9. The summed E-state index contributed by atoms with van der Waals surface area (Å²) in [6.45, 7) is -0.470. The van der Waals surface area contributed by atoms with Gasteiger partial charge in [-0.15, -0.1) is 10.2 Å². The van der Waals surface area contributed by atoms with E-state index in [-0.39, 0.29) is 0 Å². The van der Waals surface area contributed by atoms with Gasteiger partial charge in [-0.25, -0.2) is 0 Å². The van der Waals surface area contributed by atoms with Crippen molar-refractivity contribution in [3.63, 3.8) is 0 Å². The van der Waals surface area contributed by atoms with Crippen LogP contribution in [0.3, 0.4) is 0 Å². The number of aliphatic hydroxyl groups excluding tert-OH is 4. The summed E-state index contributed by atoms with van der Waals surface area (Å²) < 4.78 is 11.2. The van der Waals surface area contributed by atoms with Crippen LogP contribution in [0.1, 0.15) is 22.2 Å².